The highest BCUT2D eigenvalue weighted by Gasteiger charge is 2.27. The van der Waals surface area contributed by atoms with E-state index in [0.29, 0.717) is 17.5 Å². The lowest BCUT2D eigenvalue weighted by Crippen LogP contribution is -2.42. The molecule has 0 heterocycles. The van der Waals surface area contributed by atoms with E-state index in [2.05, 4.69) is 6.58 Å². The minimum absolute atomic E-state index is 0.0325. The monoisotopic (exact) mass is 325 g/mol. The molecule has 3 heteroatoms. The Balaban J connectivity index is 2.70. The van der Waals surface area contributed by atoms with Gasteiger partial charge in [-0.2, -0.15) is 0 Å². The molecule has 0 aromatic heterocycles. The molecular formula is C21H27NO2. The van der Waals surface area contributed by atoms with Gasteiger partial charge in [0.05, 0.1) is 11.7 Å². The second-order valence-electron chi connectivity index (χ2n) is 6.69. The molecule has 3 nitrogen and oxygen atoms in total. The van der Waals surface area contributed by atoms with Gasteiger partial charge in [0.15, 0.2) is 0 Å². The maximum atomic E-state index is 13.4. The van der Waals surface area contributed by atoms with Gasteiger partial charge in [0.25, 0.3) is 5.91 Å². The molecule has 0 spiro atoms. The number of hydrogen-bond donors (Lipinski definition) is 1. The van der Waals surface area contributed by atoms with E-state index in [0.717, 1.165) is 10.8 Å². The molecule has 2 aromatic rings. The van der Waals surface area contributed by atoms with Crippen LogP contribution >= 0.6 is 0 Å². The zero-order valence-electron chi connectivity index (χ0n) is 15.0. The summed E-state index contributed by atoms with van der Waals surface area (Å²) in [5, 5.41) is 12.4. The highest BCUT2D eigenvalue weighted by Crippen LogP contribution is 2.30. The maximum absolute atomic E-state index is 13.4. The number of amides is 1. The fourth-order valence-electron chi connectivity index (χ4n) is 3.28. The van der Waals surface area contributed by atoms with E-state index < -0.39 is 6.10 Å². The van der Waals surface area contributed by atoms with Crippen LogP contribution in [-0.4, -0.2) is 28.0 Å². The second-order valence-corrected chi connectivity index (χ2v) is 6.69. The third kappa shape index (κ3) is 3.51. The largest absolute Gasteiger partial charge is 0.388 e. The highest BCUT2D eigenvalue weighted by molar-refractivity contribution is 6.08. The Bertz CT molecular complexity index is 726. The van der Waals surface area contributed by atoms with Crippen molar-refractivity contribution in [2.45, 2.75) is 52.3 Å². The quantitative estimate of drug-likeness (QED) is 0.782. The molecule has 0 saturated carbocycles. The average molecular weight is 325 g/mol. The Labute approximate surface area is 144 Å². The first-order valence-corrected chi connectivity index (χ1v) is 8.51. The van der Waals surface area contributed by atoms with Crippen LogP contribution in [0.15, 0.2) is 49.1 Å². The molecular weight excluding hydrogens is 298 g/mol. The number of nitrogens with zero attached hydrogens (tertiary/aromatic N) is 1. The molecule has 1 atom stereocenters. The number of fused-ring (bicyclic) bond motifs is 1. The lowest BCUT2D eigenvalue weighted by Gasteiger charge is -2.32. The molecule has 0 bridgehead atoms. The van der Waals surface area contributed by atoms with Crippen molar-refractivity contribution in [1.29, 1.82) is 0 Å². The summed E-state index contributed by atoms with van der Waals surface area (Å²) in [4.78, 5) is 15.2. The SMILES string of the molecule is C=CC[C@@H](O)c1ccc2ccccc2c1C(=O)N(C(C)C)C(C)C. The van der Waals surface area contributed by atoms with Crippen LogP contribution in [0.1, 0.15) is 56.1 Å². The summed E-state index contributed by atoms with van der Waals surface area (Å²) in [5.41, 5.74) is 1.27. The van der Waals surface area contributed by atoms with Crippen LogP contribution in [0.5, 0.6) is 0 Å². The van der Waals surface area contributed by atoms with Crippen molar-refractivity contribution >= 4 is 16.7 Å². The van der Waals surface area contributed by atoms with Gasteiger partial charge in [-0.25, -0.2) is 0 Å². The Kier molecular flexibility index (Phi) is 5.79. The summed E-state index contributed by atoms with van der Waals surface area (Å²) in [6, 6.07) is 11.8. The van der Waals surface area contributed by atoms with E-state index in [4.69, 9.17) is 0 Å². The fourth-order valence-corrected chi connectivity index (χ4v) is 3.28. The van der Waals surface area contributed by atoms with Crippen molar-refractivity contribution in [3.63, 3.8) is 0 Å². The molecule has 0 aliphatic rings. The minimum Gasteiger partial charge on any atom is -0.388 e. The standard InChI is InChI=1S/C21H27NO2/c1-6-9-19(23)18-13-12-16-10-7-8-11-17(16)20(18)21(24)22(14(2)3)15(4)5/h6-8,10-15,19,23H,1,9H2,2-5H3/t19-/m1/s1. The summed E-state index contributed by atoms with van der Waals surface area (Å²) in [7, 11) is 0. The third-order valence-electron chi connectivity index (χ3n) is 4.27. The summed E-state index contributed by atoms with van der Waals surface area (Å²) >= 11 is 0. The van der Waals surface area contributed by atoms with Crippen LogP contribution in [0.25, 0.3) is 10.8 Å². The first-order valence-electron chi connectivity index (χ1n) is 8.51. The molecule has 0 aliphatic carbocycles. The van der Waals surface area contributed by atoms with Gasteiger partial charge >= 0.3 is 0 Å². The van der Waals surface area contributed by atoms with E-state index in [1.165, 1.54) is 0 Å². The summed E-state index contributed by atoms with van der Waals surface area (Å²) in [5.74, 6) is -0.0325. The molecule has 0 radical (unpaired) electrons. The molecule has 1 amide bonds. The van der Waals surface area contributed by atoms with Crippen LogP contribution in [0.2, 0.25) is 0 Å². The molecule has 0 saturated heterocycles. The number of aliphatic hydroxyl groups excluding tert-OH is 1. The number of carbonyl (C=O) groups is 1. The zero-order valence-corrected chi connectivity index (χ0v) is 15.0. The smallest absolute Gasteiger partial charge is 0.255 e. The van der Waals surface area contributed by atoms with Crippen LogP contribution < -0.4 is 0 Å². The molecule has 128 valence electrons. The second kappa shape index (κ2) is 7.63. The predicted octanol–water partition coefficient (Wildman–Crippen LogP) is 4.71. The minimum atomic E-state index is -0.729. The zero-order chi connectivity index (χ0) is 17.9. The fraction of sp³-hybridized carbons (Fsp3) is 0.381. The lowest BCUT2D eigenvalue weighted by molar-refractivity contribution is 0.0639. The molecule has 0 aliphatic heterocycles. The molecule has 0 fully saturated rings. The van der Waals surface area contributed by atoms with E-state index in [1.807, 2.05) is 69.0 Å². The summed E-state index contributed by atoms with van der Waals surface area (Å²) in [6.07, 6.45) is 1.37. The Morgan fingerprint density at radius 3 is 2.33 bits per heavy atom. The van der Waals surface area contributed by atoms with E-state index in [-0.39, 0.29) is 18.0 Å². The van der Waals surface area contributed by atoms with Gasteiger partial charge in [0.2, 0.25) is 0 Å². The van der Waals surface area contributed by atoms with Crippen LogP contribution in [0, 0.1) is 0 Å². The molecule has 0 unspecified atom stereocenters. The van der Waals surface area contributed by atoms with Crippen molar-refractivity contribution < 1.29 is 9.90 Å². The van der Waals surface area contributed by atoms with E-state index in [1.54, 1.807) is 6.08 Å². The van der Waals surface area contributed by atoms with E-state index in [9.17, 15) is 9.90 Å². The molecule has 24 heavy (non-hydrogen) atoms. The van der Waals surface area contributed by atoms with Gasteiger partial charge in [-0.1, -0.05) is 42.5 Å². The predicted molar refractivity (Wildman–Crippen MR) is 100 cm³/mol. The number of benzene rings is 2. The highest BCUT2D eigenvalue weighted by atomic mass is 16.3. The van der Waals surface area contributed by atoms with Crippen molar-refractivity contribution in [1.82, 2.24) is 4.90 Å². The number of carbonyl (C=O) groups excluding carboxylic acids is 1. The number of hydrogen-bond acceptors (Lipinski definition) is 2. The molecule has 2 aromatic carbocycles. The van der Waals surface area contributed by atoms with Crippen molar-refractivity contribution in [2.75, 3.05) is 0 Å². The maximum Gasteiger partial charge on any atom is 0.255 e. The Morgan fingerprint density at radius 1 is 1.12 bits per heavy atom. The first-order chi connectivity index (χ1) is 11.4. The van der Waals surface area contributed by atoms with Gasteiger partial charge in [0.1, 0.15) is 0 Å². The summed E-state index contributed by atoms with van der Waals surface area (Å²) in [6.45, 7) is 11.8. The van der Waals surface area contributed by atoms with Crippen molar-refractivity contribution in [3.8, 4) is 0 Å². The third-order valence-corrected chi connectivity index (χ3v) is 4.27. The topological polar surface area (TPSA) is 40.5 Å². The lowest BCUT2D eigenvalue weighted by atomic mass is 9.93. The van der Waals surface area contributed by atoms with Crippen molar-refractivity contribution in [3.05, 3.63) is 60.2 Å². The van der Waals surface area contributed by atoms with Gasteiger partial charge < -0.3 is 10.0 Å². The van der Waals surface area contributed by atoms with Gasteiger partial charge in [-0.3, -0.25) is 4.79 Å². The van der Waals surface area contributed by atoms with Crippen LogP contribution in [-0.2, 0) is 0 Å². The van der Waals surface area contributed by atoms with Crippen molar-refractivity contribution in [2.24, 2.45) is 0 Å². The van der Waals surface area contributed by atoms with Gasteiger partial charge in [0, 0.05) is 12.1 Å². The average Bonchev–Trinajstić information content (AvgIpc) is 2.53. The number of rotatable bonds is 6. The van der Waals surface area contributed by atoms with Crippen LogP contribution in [0.4, 0.5) is 0 Å². The molecule has 2 rings (SSSR count). The van der Waals surface area contributed by atoms with Gasteiger partial charge in [-0.05, 0) is 50.5 Å². The van der Waals surface area contributed by atoms with E-state index >= 15 is 0 Å². The van der Waals surface area contributed by atoms with Gasteiger partial charge in [-0.15, -0.1) is 6.58 Å². The first kappa shape index (κ1) is 18.2. The molecule has 1 N–H and O–H groups in total. The van der Waals surface area contributed by atoms with Crippen LogP contribution in [0.3, 0.4) is 0 Å². The normalized spacial score (nSPS) is 12.6. The summed E-state index contributed by atoms with van der Waals surface area (Å²) < 4.78 is 0. The Morgan fingerprint density at radius 2 is 1.75 bits per heavy atom. The Hall–Kier alpha value is -2.13. The number of aliphatic hydroxyl groups is 1.